The molecule has 0 aliphatic heterocycles. The van der Waals surface area contributed by atoms with Crippen LogP contribution in [0.3, 0.4) is 0 Å². The van der Waals surface area contributed by atoms with E-state index in [4.69, 9.17) is 20.8 Å². The maximum Gasteiger partial charge on any atom is 0.336 e. The van der Waals surface area contributed by atoms with E-state index >= 15 is 0 Å². The molecule has 0 atom stereocenters. The molecule has 0 unspecified atom stereocenters. The van der Waals surface area contributed by atoms with E-state index in [0.717, 1.165) is 30.2 Å². The van der Waals surface area contributed by atoms with Crippen molar-refractivity contribution in [3.63, 3.8) is 0 Å². The molecule has 1 heterocycles. The van der Waals surface area contributed by atoms with Crippen LogP contribution in [0.2, 0.25) is 5.02 Å². The third kappa shape index (κ3) is 3.13. The zero-order chi connectivity index (χ0) is 18.3. The van der Waals surface area contributed by atoms with E-state index in [9.17, 15) is 9.59 Å². The first kappa shape index (κ1) is 16.9. The number of benzene rings is 2. The summed E-state index contributed by atoms with van der Waals surface area (Å²) in [5.41, 5.74) is 3.95. The largest absolute Gasteiger partial charge is 0.484 e. The van der Waals surface area contributed by atoms with E-state index < -0.39 is 5.63 Å². The van der Waals surface area contributed by atoms with E-state index in [1.54, 1.807) is 12.1 Å². The summed E-state index contributed by atoms with van der Waals surface area (Å²) in [4.78, 5) is 24.0. The third-order valence-electron chi connectivity index (χ3n) is 4.78. The van der Waals surface area contributed by atoms with Crippen LogP contribution in [0.25, 0.3) is 11.0 Å². The van der Waals surface area contributed by atoms with Gasteiger partial charge in [-0.25, -0.2) is 4.79 Å². The van der Waals surface area contributed by atoms with Crippen LogP contribution in [0.1, 0.15) is 33.5 Å². The van der Waals surface area contributed by atoms with E-state index in [-0.39, 0.29) is 12.4 Å². The number of carbonyl (C=O) groups excluding carboxylic acids is 1. The van der Waals surface area contributed by atoms with Crippen LogP contribution in [0.4, 0.5) is 0 Å². The summed E-state index contributed by atoms with van der Waals surface area (Å²) in [7, 11) is 0. The molecule has 3 aromatic rings. The van der Waals surface area contributed by atoms with E-state index in [0.29, 0.717) is 21.9 Å². The van der Waals surface area contributed by atoms with E-state index in [1.165, 1.54) is 17.2 Å². The molecule has 0 saturated heterocycles. The average Bonchev–Trinajstić information content (AvgIpc) is 3.08. The lowest BCUT2D eigenvalue weighted by molar-refractivity contribution is 0.0921. The minimum Gasteiger partial charge on any atom is -0.484 e. The number of fused-ring (bicyclic) bond motifs is 2. The zero-order valence-corrected chi connectivity index (χ0v) is 15.1. The molecular weight excluding hydrogens is 352 g/mol. The third-order valence-corrected chi connectivity index (χ3v) is 5.08. The molecule has 1 aliphatic carbocycles. The number of ether oxygens (including phenoxy) is 1. The Labute approximate surface area is 155 Å². The van der Waals surface area contributed by atoms with Crippen LogP contribution in [-0.4, -0.2) is 12.4 Å². The van der Waals surface area contributed by atoms with Crippen molar-refractivity contribution in [3.05, 3.63) is 74.1 Å². The predicted octanol–water partition coefficient (Wildman–Crippen LogP) is 4.51. The van der Waals surface area contributed by atoms with Crippen molar-refractivity contribution >= 4 is 28.4 Å². The highest BCUT2D eigenvalue weighted by atomic mass is 35.5. The molecule has 4 rings (SSSR count). The summed E-state index contributed by atoms with van der Waals surface area (Å²) in [6.45, 7) is 1.69. The summed E-state index contributed by atoms with van der Waals surface area (Å²) < 4.78 is 10.8. The van der Waals surface area contributed by atoms with Gasteiger partial charge < -0.3 is 9.15 Å². The Morgan fingerprint density at radius 3 is 2.81 bits per heavy atom. The lowest BCUT2D eigenvalue weighted by Crippen LogP contribution is -2.12. The number of hydrogen-bond donors (Lipinski definition) is 0. The molecule has 0 saturated carbocycles. The molecule has 0 N–H and O–H groups in total. The average molecular weight is 369 g/mol. The maximum atomic E-state index is 12.5. The monoisotopic (exact) mass is 368 g/mol. The summed E-state index contributed by atoms with van der Waals surface area (Å²) in [6.07, 6.45) is 3.24. The maximum absolute atomic E-state index is 12.5. The van der Waals surface area contributed by atoms with Crippen LogP contribution in [0.15, 0.2) is 45.6 Å². The molecule has 2 aromatic carbocycles. The van der Waals surface area contributed by atoms with Gasteiger partial charge in [0, 0.05) is 23.1 Å². The van der Waals surface area contributed by atoms with E-state index in [1.807, 2.05) is 25.1 Å². The molecule has 0 fully saturated rings. The number of Topliss-reactive ketones (excluding diaryl/α,β-unsaturated/α-hetero) is 1. The second-order valence-corrected chi connectivity index (χ2v) is 6.98. The van der Waals surface area contributed by atoms with Crippen molar-refractivity contribution in [2.75, 3.05) is 6.61 Å². The fraction of sp³-hybridized carbons (Fsp3) is 0.238. The predicted molar refractivity (Wildman–Crippen MR) is 101 cm³/mol. The van der Waals surface area contributed by atoms with E-state index in [2.05, 4.69) is 0 Å². The summed E-state index contributed by atoms with van der Waals surface area (Å²) in [6, 6.07) is 10.5. The first-order valence-electron chi connectivity index (χ1n) is 8.53. The standard InChI is InChI=1S/C21H17ClO4/c1-12-7-21(24)26-19-10-20(17(22)9-16(12)19)25-11-18(23)15-6-5-13-3-2-4-14(13)8-15/h5-10H,2-4,11H2,1H3. The number of hydrogen-bond acceptors (Lipinski definition) is 4. The van der Waals surface area contributed by atoms with Gasteiger partial charge in [0.25, 0.3) is 0 Å². The van der Waals surface area contributed by atoms with Crippen molar-refractivity contribution < 1.29 is 13.9 Å². The van der Waals surface area contributed by atoms with Crippen molar-refractivity contribution in [2.45, 2.75) is 26.2 Å². The van der Waals surface area contributed by atoms with Gasteiger partial charge in [-0.3, -0.25) is 4.79 Å². The minimum atomic E-state index is -0.433. The van der Waals surface area contributed by atoms with Crippen LogP contribution >= 0.6 is 11.6 Å². The van der Waals surface area contributed by atoms with Crippen molar-refractivity contribution in [3.8, 4) is 5.75 Å². The van der Waals surface area contributed by atoms with Gasteiger partial charge in [-0.2, -0.15) is 0 Å². The van der Waals surface area contributed by atoms with Gasteiger partial charge >= 0.3 is 5.63 Å². The van der Waals surface area contributed by atoms with Crippen molar-refractivity contribution in [2.24, 2.45) is 0 Å². The molecule has 4 nitrogen and oxygen atoms in total. The van der Waals surface area contributed by atoms with Gasteiger partial charge in [-0.15, -0.1) is 0 Å². The smallest absolute Gasteiger partial charge is 0.336 e. The molecule has 132 valence electrons. The van der Waals surface area contributed by atoms with Crippen LogP contribution in [0, 0.1) is 6.92 Å². The fourth-order valence-corrected chi connectivity index (χ4v) is 3.62. The highest BCUT2D eigenvalue weighted by molar-refractivity contribution is 6.32. The Balaban J connectivity index is 1.56. The number of aryl methyl sites for hydroxylation is 3. The van der Waals surface area contributed by atoms with Crippen LogP contribution in [-0.2, 0) is 12.8 Å². The normalized spacial score (nSPS) is 13.0. The Kier molecular flexibility index (Phi) is 4.29. The SMILES string of the molecule is Cc1cc(=O)oc2cc(OCC(=O)c3ccc4c(c3)CCC4)c(Cl)cc12. The van der Waals surface area contributed by atoms with Gasteiger partial charge in [0.1, 0.15) is 11.3 Å². The highest BCUT2D eigenvalue weighted by Crippen LogP contribution is 2.31. The molecule has 1 aliphatic rings. The van der Waals surface area contributed by atoms with Gasteiger partial charge in [-0.05, 0) is 55.0 Å². The first-order valence-corrected chi connectivity index (χ1v) is 8.91. The second-order valence-electron chi connectivity index (χ2n) is 6.58. The number of rotatable bonds is 4. The fourth-order valence-electron chi connectivity index (χ4n) is 3.40. The van der Waals surface area contributed by atoms with Crippen LogP contribution in [0.5, 0.6) is 5.75 Å². The van der Waals surface area contributed by atoms with Gasteiger partial charge in [0.15, 0.2) is 12.4 Å². The second kappa shape index (κ2) is 6.61. The number of carbonyl (C=O) groups is 1. The topological polar surface area (TPSA) is 56.5 Å². The molecule has 0 radical (unpaired) electrons. The van der Waals surface area contributed by atoms with Gasteiger partial charge in [0.2, 0.25) is 0 Å². The quantitative estimate of drug-likeness (QED) is 0.502. The Bertz CT molecular complexity index is 1080. The molecule has 1 aromatic heterocycles. The Morgan fingerprint density at radius 1 is 1.15 bits per heavy atom. The summed E-state index contributed by atoms with van der Waals surface area (Å²) >= 11 is 6.27. The minimum absolute atomic E-state index is 0.110. The lowest BCUT2D eigenvalue weighted by Gasteiger charge is -2.10. The molecule has 0 bridgehead atoms. The number of ketones is 1. The lowest BCUT2D eigenvalue weighted by atomic mass is 10.0. The Morgan fingerprint density at radius 2 is 1.96 bits per heavy atom. The molecule has 26 heavy (non-hydrogen) atoms. The molecular formula is C21H17ClO4. The molecule has 0 amide bonds. The van der Waals surface area contributed by atoms with Gasteiger partial charge in [0.05, 0.1) is 5.02 Å². The van der Waals surface area contributed by atoms with Crippen molar-refractivity contribution in [1.29, 1.82) is 0 Å². The van der Waals surface area contributed by atoms with Gasteiger partial charge in [-0.1, -0.05) is 23.7 Å². The molecule has 0 spiro atoms. The number of halogens is 1. The summed E-state index contributed by atoms with van der Waals surface area (Å²) in [5, 5.41) is 1.11. The zero-order valence-electron chi connectivity index (χ0n) is 14.3. The molecule has 5 heteroatoms. The first-order chi connectivity index (χ1) is 12.5. The van der Waals surface area contributed by atoms with Crippen molar-refractivity contribution in [1.82, 2.24) is 0 Å². The van der Waals surface area contributed by atoms with Crippen LogP contribution < -0.4 is 10.4 Å². The Hall–Kier alpha value is -2.59. The summed E-state index contributed by atoms with van der Waals surface area (Å²) in [5.74, 6) is 0.212. The highest BCUT2D eigenvalue weighted by Gasteiger charge is 2.15.